The highest BCUT2D eigenvalue weighted by molar-refractivity contribution is 14.0. The van der Waals surface area contributed by atoms with Gasteiger partial charge in [-0.05, 0) is 18.8 Å². The number of nitrogens with one attached hydrogen (secondary N) is 1. The zero-order chi connectivity index (χ0) is 14.7. The Morgan fingerprint density at radius 3 is 3.23 bits per heavy atom. The van der Waals surface area contributed by atoms with Gasteiger partial charge in [-0.2, -0.15) is 0 Å². The monoisotopic (exact) mass is 416 g/mol. The first kappa shape index (κ1) is 16.7. The van der Waals surface area contributed by atoms with Crippen molar-refractivity contribution in [2.24, 2.45) is 16.6 Å². The molecule has 8 nitrogen and oxygen atoms in total. The number of aliphatic imine (C=N–C) groups is 1. The lowest BCUT2D eigenvalue weighted by Crippen LogP contribution is -2.43. The zero-order valence-electron chi connectivity index (χ0n) is 12.5. The molecule has 2 aromatic rings. The first-order chi connectivity index (χ1) is 10.3. The molecule has 9 heteroatoms. The molecular weight excluding hydrogens is 395 g/mol. The van der Waals surface area contributed by atoms with Crippen LogP contribution < -0.4 is 16.0 Å². The Kier molecular flexibility index (Phi) is 5.75. The molecule has 1 unspecified atom stereocenters. The number of halogens is 1. The zero-order valence-corrected chi connectivity index (χ0v) is 14.8. The van der Waals surface area contributed by atoms with Crippen LogP contribution in [0.5, 0.6) is 0 Å². The summed E-state index contributed by atoms with van der Waals surface area (Å²) in [5, 5.41) is 11.3. The Labute approximate surface area is 146 Å². The molecule has 0 aromatic carbocycles. The summed E-state index contributed by atoms with van der Waals surface area (Å²) in [5.74, 6) is 1.91. The third kappa shape index (κ3) is 3.57. The van der Waals surface area contributed by atoms with E-state index in [-0.39, 0.29) is 24.0 Å². The van der Waals surface area contributed by atoms with E-state index in [2.05, 4.69) is 30.4 Å². The minimum atomic E-state index is 0. The van der Waals surface area contributed by atoms with Crippen LogP contribution in [0, 0.1) is 5.92 Å². The van der Waals surface area contributed by atoms with Crippen molar-refractivity contribution in [2.75, 3.05) is 31.6 Å². The van der Waals surface area contributed by atoms with Crippen LogP contribution in [0.25, 0.3) is 5.65 Å². The van der Waals surface area contributed by atoms with Crippen molar-refractivity contribution in [3.63, 3.8) is 0 Å². The van der Waals surface area contributed by atoms with Gasteiger partial charge in [-0.3, -0.25) is 9.39 Å². The summed E-state index contributed by atoms with van der Waals surface area (Å²) in [6, 6.07) is 0. The normalized spacial score (nSPS) is 19.0. The van der Waals surface area contributed by atoms with Crippen LogP contribution in [-0.4, -0.2) is 52.2 Å². The average molecular weight is 416 g/mol. The van der Waals surface area contributed by atoms with Gasteiger partial charge in [0.2, 0.25) is 5.65 Å². The van der Waals surface area contributed by atoms with Gasteiger partial charge in [0.1, 0.15) is 6.33 Å². The van der Waals surface area contributed by atoms with Gasteiger partial charge < -0.3 is 16.0 Å². The first-order valence-electron chi connectivity index (χ1n) is 7.13. The summed E-state index contributed by atoms with van der Waals surface area (Å²) < 4.78 is 1.89. The van der Waals surface area contributed by atoms with Crippen molar-refractivity contribution in [1.82, 2.24) is 24.9 Å². The van der Waals surface area contributed by atoms with E-state index in [4.69, 9.17) is 5.73 Å². The Morgan fingerprint density at radius 1 is 1.55 bits per heavy atom. The van der Waals surface area contributed by atoms with E-state index in [1.807, 2.05) is 10.6 Å². The van der Waals surface area contributed by atoms with E-state index >= 15 is 0 Å². The second kappa shape index (κ2) is 7.56. The maximum absolute atomic E-state index is 5.69. The fourth-order valence-electron chi connectivity index (χ4n) is 2.72. The lowest BCUT2D eigenvalue weighted by Gasteiger charge is -2.33. The SMILES string of the molecule is CN=C(N)NCC1CCCN(c2nccn3cnnc23)C1.I. The average Bonchev–Trinajstić information content (AvgIpc) is 3.01. The van der Waals surface area contributed by atoms with Gasteiger partial charge in [-0.15, -0.1) is 34.2 Å². The quantitative estimate of drug-likeness (QED) is 0.430. The highest BCUT2D eigenvalue weighted by Gasteiger charge is 2.23. The summed E-state index contributed by atoms with van der Waals surface area (Å²) in [7, 11) is 1.69. The molecule has 0 bridgehead atoms. The summed E-state index contributed by atoms with van der Waals surface area (Å²) in [4.78, 5) is 10.7. The van der Waals surface area contributed by atoms with Gasteiger partial charge in [0.25, 0.3) is 0 Å². The molecule has 1 saturated heterocycles. The Bertz CT molecular complexity index is 640. The van der Waals surface area contributed by atoms with Crippen LogP contribution in [0.15, 0.2) is 23.7 Å². The molecule has 0 saturated carbocycles. The fourth-order valence-corrected chi connectivity index (χ4v) is 2.72. The van der Waals surface area contributed by atoms with E-state index in [1.165, 1.54) is 6.42 Å². The third-order valence-corrected chi connectivity index (χ3v) is 3.83. The van der Waals surface area contributed by atoms with Gasteiger partial charge in [-0.25, -0.2) is 4.98 Å². The summed E-state index contributed by atoms with van der Waals surface area (Å²) in [6.07, 6.45) is 7.65. The highest BCUT2D eigenvalue weighted by atomic mass is 127. The van der Waals surface area contributed by atoms with Crippen molar-refractivity contribution >= 4 is 41.4 Å². The number of rotatable bonds is 3. The molecule has 0 spiro atoms. The van der Waals surface area contributed by atoms with Crippen LogP contribution >= 0.6 is 24.0 Å². The number of aromatic nitrogens is 4. The van der Waals surface area contributed by atoms with Crippen LogP contribution in [0.4, 0.5) is 5.82 Å². The lowest BCUT2D eigenvalue weighted by atomic mass is 9.98. The molecular formula is C13H21IN8. The number of fused-ring (bicyclic) bond motifs is 1. The maximum atomic E-state index is 5.69. The summed E-state index contributed by atoms with van der Waals surface area (Å²) in [6.45, 7) is 2.76. The number of piperidine rings is 1. The molecule has 22 heavy (non-hydrogen) atoms. The van der Waals surface area contributed by atoms with Gasteiger partial charge in [0, 0.05) is 39.1 Å². The second-order valence-corrected chi connectivity index (χ2v) is 5.26. The number of nitrogens with two attached hydrogens (primary N) is 1. The molecule has 3 rings (SSSR count). The second-order valence-electron chi connectivity index (χ2n) is 5.26. The topological polar surface area (TPSA) is 96.7 Å². The predicted molar refractivity (Wildman–Crippen MR) is 96.7 cm³/mol. The Balaban J connectivity index is 0.00000176. The van der Waals surface area contributed by atoms with Crippen molar-refractivity contribution in [2.45, 2.75) is 12.8 Å². The molecule has 1 atom stereocenters. The predicted octanol–water partition coefficient (Wildman–Crippen LogP) is 0.493. The standard InChI is InChI=1S/C13H20N8.HI/c1-15-13(14)17-7-10-3-2-5-20(8-10)11-12-19-18-9-21(12)6-4-16-11;/h4,6,9-10H,2-3,5,7-8H2,1H3,(H3,14,15,17);1H. The van der Waals surface area contributed by atoms with Gasteiger partial charge >= 0.3 is 0 Å². The third-order valence-electron chi connectivity index (χ3n) is 3.83. The smallest absolute Gasteiger partial charge is 0.203 e. The molecule has 3 N–H and O–H groups in total. The van der Waals surface area contributed by atoms with E-state index in [0.717, 1.165) is 37.5 Å². The molecule has 3 heterocycles. The van der Waals surface area contributed by atoms with Crippen LogP contribution in [-0.2, 0) is 0 Å². The lowest BCUT2D eigenvalue weighted by molar-refractivity contribution is 0.409. The van der Waals surface area contributed by atoms with Crippen LogP contribution in [0.1, 0.15) is 12.8 Å². The van der Waals surface area contributed by atoms with E-state index < -0.39 is 0 Å². The molecule has 1 aliphatic heterocycles. The van der Waals surface area contributed by atoms with Gasteiger partial charge in [-0.1, -0.05) is 0 Å². The first-order valence-corrected chi connectivity index (χ1v) is 7.13. The number of guanidine groups is 1. The van der Waals surface area contributed by atoms with Gasteiger partial charge in [0.15, 0.2) is 11.8 Å². The fraction of sp³-hybridized carbons (Fsp3) is 0.538. The minimum Gasteiger partial charge on any atom is -0.370 e. The number of anilines is 1. The molecule has 0 radical (unpaired) electrons. The van der Waals surface area contributed by atoms with E-state index in [1.54, 1.807) is 19.6 Å². The molecule has 1 fully saturated rings. The van der Waals surface area contributed by atoms with Crippen LogP contribution in [0.3, 0.4) is 0 Å². The van der Waals surface area contributed by atoms with Crippen molar-refractivity contribution in [3.8, 4) is 0 Å². The molecule has 0 aliphatic carbocycles. The van der Waals surface area contributed by atoms with Crippen molar-refractivity contribution in [1.29, 1.82) is 0 Å². The minimum absolute atomic E-state index is 0. The van der Waals surface area contributed by atoms with E-state index in [0.29, 0.717) is 11.9 Å². The molecule has 120 valence electrons. The summed E-state index contributed by atoms with van der Waals surface area (Å²) in [5.41, 5.74) is 6.49. The molecule has 0 amide bonds. The molecule has 2 aromatic heterocycles. The van der Waals surface area contributed by atoms with Gasteiger partial charge in [0.05, 0.1) is 0 Å². The van der Waals surface area contributed by atoms with Crippen molar-refractivity contribution < 1.29 is 0 Å². The number of nitrogens with zero attached hydrogens (tertiary/aromatic N) is 6. The largest absolute Gasteiger partial charge is 0.370 e. The number of hydrogen-bond donors (Lipinski definition) is 2. The Morgan fingerprint density at radius 2 is 2.41 bits per heavy atom. The number of hydrogen-bond acceptors (Lipinski definition) is 5. The maximum Gasteiger partial charge on any atom is 0.203 e. The summed E-state index contributed by atoms with van der Waals surface area (Å²) >= 11 is 0. The van der Waals surface area contributed by atoms with E-state index in [9.17, 15) is 0 Å². The molecule has 1 aliphatic rings. The van der Waals surface area contributed by atoms with Crippen LogP contribution in [0.2, 0.25) is 0 Å². The highest BCUT2D eigenvalue weighted by Crippen LogP contribution is 2.23. The Hall–Kier alpha value is -1.65. The van der Waals surface area contributed by atoms with Crippen molar-refractivity contribution in [3.05, 3.63) is 18.7 Å².